The topological polar surface area (TPSA) is 71.0 Å². The molecule has 0 atom stereocenters. The van der Waals surface area contributed by atoms with Crippen molar-refractivity contribution in [3.63, 3.8) is 0 Å². The predicted molar refractivity (Wildman–Crippen MR) is 95.2 cm³/mol. The van der Waals surface area contributed by atoms with E-state index in [2.05, 4.69) is 10.1 Å². The monoisotopic (exact) mass is 372 g/mol. The molecule has 0 saturated carbocycles. The third-order valence-corrected chi connectivity index (χ3v) is 4.32. The van der Waals surface area contributed by atoms with Gasteiger partial charge in [0, 0.05) is 29.2 Å². The zero-order valence-electron chi connectivity index (χ0n) is 14.9. The van der Waals surface area contributed by atoms with E-state index in [4.69, 9.17) is 0 Å². The van der Waals surface area contributed by atoms with E-state index in [1.165, 1.54) is 39.6 Å². The van der Waals surface area contributed by atoms with Crippen LogP contribution in [0, 0.1) is 12.7 Å². The van der Waals surface area contributed by atoms with Crippen molar-refractivity contribution in [2.24, 2.45) is 0 Å². The standard InChI is InChI=1S/C19H15FN4O2.Na/c1-12-18-16(10-17(25)23(12)11-13-6-8-21-9-7-13)22-24(19(18)26)15-4-2-14(20)3-5-15;/h2-10H,11H2,1H3,(H,22,25);/q;+1/p-1. The van der Waals surface area contributed by atoms with Gasteiger partial charge < -0.3 is 14.3 Å². The van der Waals surface area contributed by atoms with Gasteiger partial charge in [0.1, 0.15) is 5.82 Å². The molecule has 130 valence electrons. The maximum absolute atomic E-state index is 13.1. The van der Waals surface area contributed by atoms with Crippen LogP contribution in [0.2, 0.25) is 0 Å². The van der Waals surface area contributed by atoms with Crippen LogP contribution < -0.4 is 45.8 Å². The third-order valence-electron chi connectivity index (χ3n) is 4.32. The number of aromatic nitrogens is 4. The molecule has 0 saturated heterocycles. The summed E-state index contributed by atoms with van der Waals surface area (Å²) >= 11 is 0. The molecule has 4 aromatic rings. The van der Waals surface area contributed by atoms with Gasteiger partial charge in [-0.05, 0) is 55.0 Å². The predicted octanol–water partition coefficient (Wildman–Crippen LogP) is -0.996. The second-order valence-electron chi connectivity index (χ2n) is 5.96. The Hall–Kier alpha value is -2.48. The third kappa shape index (κ3) is 3.53. The van der Waals surface area contributed by atoms with E-state index in [1.807, 2.05) is 12.1 Å². The second-order valence-corrected chi connectivity index (χ2v) is 5.96. The van der Waals surface area contributed by atoms with Crippen LogP contribution in [0.4, 0.5) is 4.39 Å². The molecule has 3 heterocycles. The Balaban J connectivity index is 0.00000210. The fraction of sp³-hybridized carbons (Fsp3) is 0.105. The van der Waals surface area contributed by atoms with Gasteiger partial charge in [-0.3, -0.25) is 14.6 Å². The Kier molecular flexibility index (Phi) is 5.46. The van der Waals surface area contributed by atoms with Crippen LogP contribution in [0.25, 0.3) is 16.6 Å². The van der Waals surface area contributed by atoms with E-state index < -0.39 is 5.82 Å². The van der Waals surface area contributed by atoms with Crippen molar-refractivity contribution in [3.05, 3.63) is 92.6 Å². The van der Waals surface area contributed by atoms with E-state index in [1.54, 1.807) is 19.3 Å². The molecule has 0 aliphatic carbocycles. The zero-order valence-corrected chi connectivity index (χ0v) is 16.9. The van der Waals surface area contributed by atoms with Crippen molar-refractivity contribution in [3.8, 4) is 5.69 Å². The number of aryl methyl sites for hydroxylation is 1. The van der Waals surface area contributed by atoms with Crippen molar-refractivity contribution in [1.82, 2.24) is 19.3 Å². The fourth-order valence-electron chi connectivity index (χ4n) is 2.98. The van der Waals surface area contributed by atoms with Crippen molar-refractivity contribution >= 4 is 10.9 Å². The van der Waals surface area contributed by atoms with Gasteiger partial charge in [0.15, 0.2) is 0 Å². The van der Waals surface area contributed by atoms with Gasteiger partial charge in [0.2, 0.25) is 11.1 Å². The van der Waals surface area contributed by atoms with Gasteiger partial charge in [-0.2, -0.15) is 0 Å². The Morgan fingerprint density at radius 1 is 1.07 bits per heavy atom. The number of halogens is 1. The SMILES string of the molecule is Cc1c2c(=O)n(-c3ccc(F)cc3)[n-]c2cc(=O)n1Cc1ccncc1.[Na+]. The second kappa shape index (κ2) is 7.64. The van der Waals surface area contributed by atoms with Gasteiger partial charge in [-0.1, -0.05) is 0 Å². The van der Waals surface area contributed by atoms with Crippen molar-refractivity contribution < 1.29 is 33.9 Å². The summed E-state index contributed by atoms with van der Waals surface area (Å²) in [6.07, 6.45) is 3.31. The van der Waals surface area contributed by atoms with Gasteiger partial charge in [0.25, 0.3) is 0 Å². The van der Waals surface area contributed by atoms with E-state index >= 15 is 0 Å². The number of pyridine rings is 2. The Bertz CT molecular complexity index is 1210. The Morgan fingerprint density at radius 2 is 1.74 bits per heavy atom. The molecule has 0 amide bonds. The van der Waals surface area contributed by atoms with Crippen molar-refractivity contribution in [1.29, 1.82) is 0 Å². The summed E-state index contributed by atoms with van der Waals surface area (Å²) in [6, 6.07) is 10.5. The first kappa shape index (κ1) is 19.3. The number of nitrogens with zero attached hydrogens (tertiary/aromatic N) is 4. The maximum Gasteiger partial charge on any atom is 1.00 e. The summed E-state index contributed by atoms with van der Waals surface area (Å²) in [5.74, 6) is -0.397. The molecule has 0 bridgehead atoms. The van der Waals surface area contributed by atoms with E-state index in [0.717, 1.165) is 5.56 Å². The summed E-state index contributed by atoms with van der Waals surface area (Å²) in [7, 11) is 0. The molecule has 0 fully saturated rings. The van der Waals surface area contributed by atoms with Gasteiger partial charge >= 0.3 is 29.6 Å². The molecule has 3 aromatic heterocycles. The van der Waals surface area contributed by atoms with E-state index in [-0.39, 0.29) is 40.7 Å². The summed E-state index contributed by atoms with van der Waals surface area (Å²) in [5.41, 5.74) is 1.64. The van der Waals surface area contributed by atoms with Crippen molar-refractivity contribution in [2.75, 3.05) is 0 Å². The van der Waals surface area contributed by atoms with Crippen LogP contribution >= 0.6 is 0 Å². The number of rotatable bonds is 3. The molecule has 0 radical (unpaired) electrons. The average Bonchev–Trinajstić information content (AvgIpc) is 2.96. The van der Waals surface area contributed by atoms with Gasteiger partial charge in [-0.25, -0.2) is 4.39 Å². The largest absolute Gasteiger partial charge is 1.00 e. The Morgan fingerprint density at radius 3 is 2.41 bits per heavy atom. The smallest absolute Gasteiger partial charge is 0.587 e. The van der Waals surface area contributed by atoms with Crippen LogP contribution in [0.5, 0.6) is 0 Å². The number of hydrogen-bond donors (Lipinski definition) is 0. The normalized spacial score (nSPS) is 10.7. The molecule has 0 spiro atoms. The van der Waals surface area contributed by atoms with Crippen LogP contribution in [0.15, 0.2) is 64.4 Å². The molecule has 6 nitrogen and oxygen atoms in total. The minimum Gasteiger partial charge on any atom is -0.587 e. The first-order valence-electron chi connectivity index (χ1n) is 7.99. The van der Waals surface area contributed by atoms with Gasteiger partial charge in [-0.15, -0.1) is 5.52 Å². The first-order chi connectivity index (χ1) is 12.5. The van der Waals surface area contributed by atoms with Crippen LogP contribution in [-0.4, -0.2) is 14.2 Å². The molecule has 0 N–H and O–H groups in total. The molecule has 0 aliphatic heterocycles. The Labute approximate surface area is 175 Å². The average molecular weight is 372 g/mol. The summed E-state index contributed by atoms with van der Waals surface area (Å²) < 4.78 is 15.9. The first-order valence-corrected chi connectivity index (χ1v) is 7.99. The summed E-state index contributed by atoms with van der Waals surface area (Å²) in [4.78, 5) is 29.3. The minimum absolute atomic E-state index is 0. The molecule has 0 unspecified atom stereocenters. The summed E-state index contributed by atoms with van der Waals surface area (Å²) in [5, 5.41) is 4.62. The quantitative estimate of drug-likeness (QED) is 0.433. The number of fused-ring (bicyclic) bond motifs is 1. The summed E-state index contributed by atoms with van der Waals surface area (Å²) in [6.45, 7) is 2.06. The van der Waals surface area contributed by atoms with E-state index in [0.29, 0.717) is 28.8 Å². The maximum atomic E-state index is 13.1. The van der Waals surface area contributed by atoms with Crippen molar-refractivity contribution in [2.45, 2.75) is 13.5 Å². The minimum atomic E-state index is -0.397. The molecule has 8 heteroatoms. The number of hydrogen-bond acceptors (Lipinski definition) is 3. The van der Waals surface area contributed by atoms with Crippen LogP contribution in [0.3, 0.4) is 0 Å². The molecule has 4 rings (SSSR count). The zero-order chi connectivity index (χ0) is 18.3. The van der Waals surface area contributed by atoms with Crippen LogP contribution in [0.1, 0.15) is 11.3 Å². The number of benzene rings is 1. The molecule has 27 heavy (non-hydrogen) atoms. The molecular formula is C19H14FN4NaO2. The van der Waals surface area contributed by atoms with E-state index in [9.17, 15) is 14.0 Å². The van der Waals surface area contributed by atoms with Gasteiger partial charge in [0.05, 0.1) is 6.54 Å². The molecular weight excluding hydrogens is 358 g/mol. The molecule has 1 aromatic carbocycles. The molecule has 0 aliphatic rings. The fourth-order valence-corrected chi connectivity index (χ4v) is 2.98. The van der Waals surface area contributed by atoms with Crippen LogP contribution in [-0.2, 0) is 6.54 Å².